The average molecular weight is 349 g/mol. The molecule has 0 saturated carbocycles. The molecule has 2 aliphatic rings. The summed E-state index contributed by atoms with van der Waals surface area (Å²) in [5.41, 5.74) is 1.08. The highest BCUT2D eigenvalue weighted by molar-refractivity contribution is 6.04. The lowest BCUT2D eigenvalue weighted by molar-refractivity contribution is -0.133. The van der Waals surface area contributed by atoms with Crippen LogP contribution in [0, 0.1) is 5.82 Å². The molecule has 2 atom stereocenters. The first-order valence-corrected chi connectivity index (χ1v) is 8.26. The highest BCUT2D eigenvalue weighted by Gasteiger charge is 2.29. The number of carbonyl (C=O) groups is 2. The van der Waals surface area contributed by atoms with E-state index in [4.69, 9.17) is 9.57 Å². The summed E-state index contributed by atoms with van der Waals surface area (Å²) in [6.45, 7) is 1.03. The van der Waals surface area contributed by atoms with Crippen molar-refractivity contribution in [2.75, 3.05) is 19.7 Å². The maximum atomic E-state index is 13.2. The van der Waals surface area contributed by atoms with E-state index in [0.29, 0.717) is 17.8 Å². The van der Waals surface area contributed by atoms with Crippen LogP contribution in [0.1, 0.15) is 24.8 Å². The van der Waals surface area contributed by atoms with Crippen molar-refractivity contribution in [3.63, 3.8) is 0 Å². The third-order valence-electron chi connectivity index (χ3n) is 4.09. The number of nitrogens with one attached hydrogen (secondary N) is 2. The predicted octanol–water partition coefficient (Wildman–Crippen LogP) is 0.730. The van der Waals surface area contributed by atoms with Gasteiger partial charge in [0.05, 0.1) is 18.4 Å². The Morgan fingerprint density at radius 2 is 2.20 bits per heavy atom. The molecule has 1 fully saturated rings. The lowest BCUT2D eigenvalue weighted by Crippen LogP contribution is -2.43. The first kappa shape index (κ1) is 17.3. The minimum absolute atomic E-state index is 0.0556. The van der Waals surface area contributed by atoms with Gasteiger partial charge in [-0.05, 0) is 25.0 Å². The molecule has 7 nitrogen and oxygen atoms in total. The molecule has 2 aliphatic heterocycles. The molecule has 25 heavy (non-hydrogen) atoms. The van der Waals surface area contributed by atoms with Crippen LogP contribution in [-0.2, 0) is 19.2 Å². The fourth-order valence-electron chi connectivity index (χ4n) is 2.73. The van der Waals surface area contributed by atoms with Crippen molar-refractivity contribution in [3.05, 3.63) is 35.6 Å². The summed E-state index contributed by atoms with van der Waals surface area (Å²) in [7, 11) is 0. The number of halogens is 1. The molecule has 1 saturated heterocycles. The van der Waals surface area contributed by atoms with Crippen molar-refractivity contribution in [2.24, 2.45) is 5.16 Å². The molecule has 0 aliphatic carbocycles. The minimum Gasteiger partial charge on any atom is -0.382 e. The van der Waals surface area contributed by atoms with Crippen molar-refractivity contribution >= 4 is 17.5 Å². The van der Waals surface area contributed by atoms with E-state index in [0.717, 1.165) is 19.4 Å². The monoisotopic (exact) mass is 349 g/mol. The van der Waals surface area contributed by atoms with Gasteiger partial charge in [0, 0.05) is 25.1 Å². The first-order valence-electron chi connectivity index (χ1n) is 8.26. The van der Waals surface area contributed by atoms with Gasteiger partial charge in [0.25, 0.3) is 5.91 Å². The molecule has 3 rings (SSSR count). The molecule has 134 valence electrons. The molecule has 1 aromatic rings. The topological polar surface area (TPSA) is 89.0 Å². The zero-order chi connectivity index (χ0) is 17.6. The van der Waals surface area contributed by atoms with Crippen molar-refractivity contribution in [3.8, 4) is 0 Å². The SMILES string of the molecule is O=C(CNC(=O)[C@@H]1CC(c2cccc(F)c2)=NO1)NC[C@@H]1CCCO1. The number of carbonyl (C=O) groups excluding carboxylic acids is 2. The van der Waals surface area contributed by atoms with Crippen LogP contribution in [0.25, 0.3) is 0 Å². The van der Waals surface area contributed by atoms with Gasteiger partial charge in [-0.3, -0.25) is 9.59 Å². The van der Waals surface area contributed by atoms with Gasteiger partial charge in [-0.15, -0.1) is 0 Å². The van der Waals surface area contributed by atoms with Crippen LogP contribution in [0.5, 0.6) is 0 Å². The van der Waals surface area contributed by atoms with Gasteiger partial charge in [-0.25, -0.2) is 4.39 Å². The molecule has 2 N–H and O–H groups in total. The fourth-order valence-corrected chi connectivity index (χ4v) is 2.73. The minimum atomic E-state index is -0.816. The molecule has 2 heterocycles. The summed E-state index contributed by atoms with van der Waals surface area (Å²) in [5.74, 6) is -1.09. The Morgan fingerprint density at radius 1 is 1.32 bits per heavy atom. The molecule has 1 aromatic carbocycles. The van der Waals surface area contributed by atoms with Gasteiger partial charge in [0.1, 0.15) is 5.82 Å². The maximum Gasteiger partial charge on any atom is 0.264 e. The summed E-state index contributed by atoms with van der Waals surface area (Å²) in [6, 6.07) is 5.93. The molecular formula is C17H20FN3O4. The third-order valence-corrected chi connectivity index (χ3v) is 4.09. The fraction of sp³-hybridized carbons (Fsp3) is 0.471. The van der Waals surface area contributed by atoms with Crippen LogP contribution in [0.4, 0.5) is 4.39 Å². The maximum absolute atomic E-state index is 13.2. The molecule has 0 spiro atoms. The quantitative estimate of drug-likeness (QED) is 0.792. The number of amides is 2. The molecule has 0 aromatic heterocycles. The standard InChI is InChI=1S/C17H20FN3O4/c18-12-4-1-3-11(7-12)14-8-15(25-21-14)17(23)20-10-16(22)19-9-13-5-2-6-24-13/h1,3-4,7,13,15H,2,5-6,8-10H2,(H,19,22)(H,20,23)/t13-,15-/m0/s1. The van der Waals surface area contributed by atoms with Crippen LogP contribution >= 0.6 is 0 Å². The highest BCUT2D eigenvalue weighted by Crippen LogP contribution is 2.17. The second kappa shape index (κ2) is 8.06. The number of benzene rings is 1. The zero-order valence-electron chi connectivity index (χ0n) is 13.7. The highest BCUT2D eigenvalue weighted by atomic mass is 19.1. The van der Waals surface area contributed by atoms with E-state index >= 15 is 0 Å². The number of hydrogen-bond acceptors (Lipinski definition) is 5. The Labute approximate surface area is 144 Å². The Morgan fingerprint density at radius 3 is 2.96 bits per heavy atom. The van der Waals surface area contributed by atoms with Crippen LogP contribution in [0.3, 0.4) is 0 Å². The summed E-state index contributed by atoms with van der Waals surface area (Å²) in [4.78, 5) is 28.9. The molecule has 0 radical (unpaired) electrons. The number of ether oxygens (including phenoxy) is 1. The lowest BCUT2D eigenvalue weighted by Gasteiger charge is -2.12. The van der Waals surface area contributed by atoms with Gasteiger partial charge in [-0.1, -0.05) is 17.3 Å². The molecule has 0 unspecified atom stereocenters. The molecular weight excluding hydrogens is 329 g/mol. The zero-order valence-corrected chi connectivity index (χ0v) is 13.7. The molecule has 8 heteroatoms. The average Bonchev–Trinajstić information content (AvgIpc) is 3.29. The predicted molar refractivity (Wildman–Crippen MR) is 87.4 cm³/mol. The first-order chi connectivity index (χ1) is 12.1. The van der Waals surface area contributed by atoms with E-state index in [-0.39, 0.29) is 30.8 Å². The van der Waals surface area contributed by atoms with E-state index in [2.05, 4.69) is 15.8 Å². The van der Waals surface area contributed by atoms with Crippen molar-refractivity contribution in [1.82, 2.24) is 10.6 Å². The van der Waals surface area contributed by atoms with E-state index in [1.165, 1.54) is 12.1 Å². The summed E-state index contributed by atoms with van der Waals surface area (Å²) in [6.07, 6.45) is 1.41. The van der Waals surface area contributed by atoms with Crippen LogP contribution in [-0.4, -0.2) is 49.4 Å². The van der Waals surface area contributed by atoms with E-state index in [1.807, 2.05) is 0 Å². The van der Waals surface area contributed by atoms with Gasteiger partial charge in [0.2, 0.25) is 12.0 Å². The number of rotatable bonds is 6. The van der Waals surface area contributed by atoms with Crippen LogP contribution < -0.4 is 10.6 Å². The molecule has 2 amide bonds. The summed E-state index contributed by atoms with van der Waals surface area (Å²) >= 11 is 0. The van der Waals surface area contributed by atoms with Crippen molar-refractivity contribution in [1.29, 1.82) is 0 Å². The van der Waals surface area contributed by atoms with Gasteiger partial charge < -0.3 is 20.2 Å². The second-order valence-electron chi connectivity index (χ2n) is 6.00. The van der Waals surface area contributed by atoms with E-state index in [9.17, 15) is 14.0 Å². The normalized spacial score (nSPS) is 22.2. The van der Waals surface area contributed by atoms with Gasteiger partial charge in [0.15, 0.2) is 0 Å². The van der Waals surface area contributed by atoms with Gasteiger partial charge in [-0.2, -0.15) is 0 Å². The van der Waals surface area contributed by atoms with E-state index in [1.54, 1.807) is 12.1 Å². The third kappa shape index (κ3) is 4.76. The van der Waals surface area contributed by atoms with Crippen molar-refractivity contribution < 1.29 is 23.6 Å². The second-order valence-corrected chi connectivity index (χ2v) is 6.00. The van der Waals surface area contributed by atoms with Crippen LogP contribution in [0.15, 0.2) is 29.4 Å². The largest absolute Gasteiger partial charge is 0.382 e. The van der Waals surface area contributed by atoms with Crippen molar-refractivity contribution in [2.45, 2.75) is 31.5 Å². The molecule has 0 bridgehead atoms. The Balaban J connectivity index is 1.40. The number of oxime groups is 1. The Bertz CT molecular complexity index is 674. The smallest absolute Gasteiger partial charge is 0.264 e. The van der Waals surface area contributed by atoms with Crippen LogP contribution in [0.2, 0.25) is 0 Å². The van der Waals surface area contributed by atoms with Gasteiger partial charge >= 0.3 is 0 Å². The lowest BCUT2D eigenvalue weighted by atomic mass is 10.0. The summed E-state index contributed by atoms with van der Waals surface area (Å²) < 4.78 is 18.7. The number of hydrogen-bond donors (Lipinski definition) is 2. The Kier molecular flexibility index (Phi) is 5.60. The Hall–Kier alpha value is -2.48. The summed E-state index contributed by atoms with van der Waals surface area (Å²) in [5, 5.41) is 9.08. The van der Waals surface area contributed by atoms with E-state index < -0.39 is 12.0 Å². The number of nitrogens with zero attached hydrogens (tertiary/aromatic N) is 1.